The predicted molar refractivity (Wildman–Crippen MR) is 163 cm³/mol. The van der Waals surface area contributed by atoms with Gasteiger partial charge in [0.25, 0.3) is 10.0 Å². The molecule has 0 spiro atoms. The first kappa shape index (κ1) is 30.3. The maximum absolute atomic E-state index is 14.1. The van der Waals surface area contributed by atoms with Crippen LogP contribution in [0.2, 0.25) is 0 Å². The molecule has 0 aliphatic heterocycles. The molecule has 1 aliphatic rings. The van der Waals surface area contributed by atoms with Gasteiger partial charge in [-0.1, -0.05) is 73.4 Å². The van der Waals surface area contributed by atoms with Crippen LogP contribution in [-0.2, 0) is 26.2 Å². The standard InChI is InChI=1S/C33H41N3O4S/c1-24-12-11-13-28(19-24)22-35(27(4)33(38)34-29-14-7-5-8-15-29)32(37)23-36(30-20-25(2)18-26(3)21-30)41(39,40)31-16-9-6-10-17-31/h6,9-13,16-21,27,29H,5,7-8,14-15,22-23H2,1-4H3,(H,34,38)/t27-/m1/s1. The molecular weight excluding hydrogens is 534 g/mol. The fourth-order valence-electron chi connectivity index (χ4n) is 5.50. The molecule has 1 atom stereocenters. The molecule has 0 heterocycles. The highest BCUT2D eigenvalue weighted by atomic mass is 32.2. The Labute approximate surface area is 244 Å². The number of rotatable bonds is 10. The van der Waals surface area contributed by atoms with Gasteiger partial charge in [0, 0.05) is 12.6 Å². The quantitative estimate of drug-likeness (QED) is 0.337. The lowest BCUT2D eigenvalue weighted by molar-refractivity contribution is -0.139. The third-order valence-electron chi connectivity index (χ3n) is 7.66. The van der Waals surface area contributed by atoms with Crippen molar-refractivity contribution in [3.8, 4) is 0 Å². The zero-order valence-electron chi connectivity index (χ0n) is 24.5. The van der Waals surface area contributed by atoms with E-state index in [0.29, 0.717) is 5.69 Å². The summed E-state index contributed by atoms with van der Waals surface area (Å²) in [6, 6.07) is 20.7. The minimum atomic E-state index is -4.08. The van der Waals surface area contributed by atoms with Crippen molar-refractivity contribution in [1.29, 1.82) is 0 Å². The van der Waals surface area contributed by atoms with Crippen LogP contribution in [0.5, 0.6) is 0 Å². The normalized spacial score (nSPS) is 14.7. The van der Waals surface area contributed by atoms with Gasteiger partial charge in [0.15, 0.2) is 0 Å². The average molecular weight is 576 g/mol. The van der Waals surface area contributed by atoms with Crippen molar-refractivity contribution in [2.75, 3.05) is 10.8 Å². The molecule has 1 saturated carbocycles. The van der Waals surface area contributed by atoms with Crippen LogP contribution in [0.4, 0.5) is 5.69 Å². The van der Waals surface area contributed by atoms with Crippen molar-refractivity contribution >= 4 is 27.5 Å². The van der Waals surface area contributed by atoms with Gasteiger partial charge >= 0.3 is 0 Å². The predicted octanol–water partition coefficient (Wildman–Crippen LogP) is 5.67. The van der Waals surface area contributed by atoms with E-state index in [1.807, 2.05) is 51.1 Å². The minimum Gasteiger partial charge on any atom is -0.352 e. The summed E-state index contributed by atoms with van der Waals surface area (Å²) in [5.74, 6) is -0.668. The third kappa shape index (κ3) is 7.76. The molecule has 7 nitrogen and oxygen atoms in total. The molecule has 4 rings (SSSR count). The summed E-state index contributed by atoms with van der Waals surface area (Å²) in [5, 5.41) is 3.14. The number of hydrogen-bond acceptors (Lipinski definition) is 4. The number of hydrogen-bond donors (Lipinski definition) is 1. The van der Waals surface area contributed by atoms with E-state index in [1.54, 1.807) is 37.3 Å². The molecule has 41 heavy (non-hydrogen) atoms. The van der Waals surface area contributed by atoms with Crippen molar-refractivity contribution < 1.29 is 18.0 Å². The lowest BCUT2D eigenvalue weighted by atomic mass is 9.95. The lowest BCUT2D eigenvalue weighted by Crippen LogP contribution is -2.53. The Kier molecular flexibility index (Phi) is 9.86. The van der Waals surface area contributed by atoms with Gasteiger partial charge in [-0.05, 0) is 81.5 Å². The summed E-state index contributed by atoms with van der Waals surface area (Å²) in [6.45, 7) is 7.24. The first-order valence-electron chi connectivity index (χ1n) is 14.4. The Morgan fingerprint density at radius 3 is 2.15 bits per heavy atom. The molecule has 1 fully saturated rings. The summed E-state index contributed by atoms with van der Waals surface area (Å²) < 4.78 is 29.1. The molecule has 3 aromatic carbocycles. The number of amides is 2. The highest BCUT2D eigenvalue weighted by molar-refractivity contribution is 7.92. The second-order valence-corrected chi connectivity index (χ2v) is 13.1. The summed E-state index contributed by atoms with van der Waals surface area (Å²) in [5.41, 5.74) is 4.10. The third-order valence-corrected chi connectivity index (χ3v) is 9.45. The fraction of sp³-hybridized carbons (Fsp3) is 0.394. The lowest BCUT2D eigenvalue weighted by Gasteiger charge is -2.33. The molecule has 2 amide bonds. The molecule has 0 aromatic heterocycles. The molecule has 0 unspecified atom stereocenters. The van der Waals surface area contributed by atoms with E-state index in [2.05, 4.69) is 5.32 Å². The van der Waals surface area contributed by atoms with Crippen LogP contribution in [0.3, 0.4) is 0 Å². The number of nitrogens with one attached hydrogen (secondary N) is 1. The van der Waals surface area contributed by atoms with Gasteiger partial charge < -0.3 is 10.2 Å². The van der Waals surface area contributed by atoms with Crippen LogP contribution >= 0.6 is 0 Å². The van der Waals surface area contributed by atoms with Gasteiger partial charge in [-0.3, -0.25) is 13.9 Å². The van der Waals surface area contributed by atoms with E-state index in [4.69, 9.17) is 0 Å². The van der Waals surface area contributed by atoms with Crippen molar-refractivity contribution in [2.45, 2.75) is 83.3 Å². The summed E-state index contributed by atoms with van der Waals surface area (Å²) in [6.07, 6.45) is 5.19. The smallest absolute Gasteiger partial charge is 0.264 e. The van der Waals surface area contributed by atoms with Crippen molar-refractivity contribution in [3.05, 3.63) is 95.1 Å². The Morgan fingerprint density at radius 2 is 1.51 bits per heavy atom. The Hall–Kier alpha value is -3.65. The SMILES string of the molecule is Cc1cccc(CN(C(=O)CN(c2cc(C)cc(C)c2)S(=O)(=O)c2ccccc2)[C@H](C)C(=O)NC2CCCCC2)c1. The Bertz CT molecular complexity index is 1450. The Balaban J connectivity index is 1.69. The van der Waals surface area contributed by atoms with E-state index >= 15 is 0 Å². The van der Waals surface area contributed by atoms with Gasteiger partial charge in [-0.15, -0.1) is 0 Å². The first-order valence-corrected chi connectivity index (χ1v) is 15.8. The molecule has 1 N–H and O–H groups in total. The van der Waals surface area contributed by atoms with Crippen molar-refractivity contribution in [1.82, 2.24) is 10.2 Å². The molecule has 8 heteroatoms. The molecule has 218 valence electrons. The molecule has 1 aliphatic carbocycles. The molecule has 0 radical (unpaired) electrons. The van der Waals surface area contributed by atoms with Crippen LogP contribution < -0.4 is 9.62 Å². The number of carbonyl (C=O) groups is 2. The van der Waals surface area contributed by atoms with Crippen LogP contribution in [0.1, 0.15) is 61.3 Å². The van der Waals surface area contributed by atoms with Crippen molar-refractivity contribution in [3.63, 3.8) is 0 Å². The summed E-state index contributed by atoms with van der Waals surface area (Å²) >= 11 is 0. The zero-order chi connectivity index (χ0) is 29.6. The Morgan fingerprint density at radius 1 is 0.854 bits per heavy atom. The number of aryl methyl sites for hydroxylation is 3. The number of anilines is 1. The fourth-order valence-corrected chi connectivity index (χ4v) is 6.92. The van der Waals surface area contributed by atoms with Gasteiger partial charge in [0.05, 0.1) is 10.6 Å². The average Bonchev–Trinajstić information content (AvgIpc) is 2.94. The second kappa shape index (κ2) is 13.3. The highest BCUT2D eigenvalue weighted by Crippen LogP contribution is 2.27. The number of sulfonamides is 1. The molecular formula is C33H41N3O4S. The zero-order valence-corrected chi connectivity index (χ0v) is 25.3. The number of nitrogens with zero attached hydrogens (tertiary/aromatic N) is 2. The largest absolute Gasteiger partial charge is 0.352 e. The van der Waals surface area contributed by atoms with Gasteiger partial charge in [0.1, 0.15) is 12.6 Å². The van der Waals surface area contributed by atoms with Crippen LogP contribution in [0.25, 0.3) is 0 Å². The van der Waals surface area contributed by atoms with Crippen molar-refractivity contribution in [2.24, 2.45) is 0 Å². The number of benzene rings is 3. The summed E-state index contributed by atoms with van der Waals surface area (Å²) in [7, 11) is -4.08. The van der Waals surface area contributed by atoms with E-state index in [9.17, 15) is 18.0 Å². The molecule has 0 bridgehead atoms. The maximum atomic E-state index is 14.1. The van der Waals surface area contributed by atoms with E-state index in [1.165, 1.54) is 27.8 Å². The van der Waals surface area contributed by atoms with Gasteiger partial charge in [0.2, 0.25) is 11.8 Å². The monoisotopic (exact) mass is 575 g/mol. The van der Waals surface area contributed by atoms with Crippen LogP contribution in [-0.4, -0.2) is 43.8 Å². The number of carbonyl (C=O) groups excluding carboxylic acids is 2. The molecule has 0 saturated heterocycles. The van der Waals surface area contributed by atoms with Gasteiger partial charge in [-0.2, -0.15) is 0 Å². The first-order chi connectivity index (χ1) is 19.5. The minimum absolute atomic E-state index is 0.0971. The van der Waals surface area contributed by atoms with E-state index < -0.39 is 28.5 Å². The second-order valence-electron chi connectivity index (χ2n) is 11.2. The maximum Gasteiger partial charge on any atom is 0.264 e. The van der Waals surface area contributed by atoms with E-state index in [0.717, 1.165) is 47.9 Å². The highest BCUT2D eigenvalue weighted by Gasteiger charge is 2.33. The topological polar surface area (TPSA) is 86.8 Å². The van der Waals surface area contributed by atoms with Crippen LogP contribution in [0.15, 0.2) is 77.7 Å². The van der Waals surface area contributed by atoms with Crippen LogP contribution in [0, 0.1) is 20.8 Å². The van der Waals surface area contributed by atoms with E-state index in [-0.39, 0.29) is 23.4 Å². The molecule has 3 aromatic rings. The van der Waals surface area contributed by atoms with Gasteiger partial charge in [-0.25, -0.2) is 8.42 Å². The summed E-state index contributed by atoms with van der Waals surface area (Å²) in [4.78, 5) is 29.2.